The van der Waals surface area contributed by atoms with Crippen LogP contribution in [0.25, 0.3) is 0 Å². The fraction of sp³-hybridized carbons (Fsp3) is 0.684. The van der Waals surface area contributed by atoms with Gasteiger partial charge in [0.25, 0.3) is 0 Å². The topological polar surface area (TPSA) is 50.7 Å². The Labute approximate surface area is 139 Å². The molecule has 23 heavy (non-hydrogen) atoms. The second-order valence-corrected chi connectivity index (χ2v) is 7.21. The predicted molar refractivity (Wildman–Crippen MR) is 90.9 cm³/mol. The van der Waals surface area contributed by atoms with Crippen LogP contribution in [0.3, 0.4) is 0 Å². The van der Waals surface area contributed by atoms with Crippen molar-refractivity contribution in [2.24, 2.45) is 0 Å². The van der Waals surface area contributed by atoms with E-state index in [2.05, 4.69) is 25.2 Å². The third kappa shape index (κ3) is 3.70. The van der Waals surface area contributed by atoms with E-state index in [1.807, 2.05) is 12.1 Å². The summed E-state index contributed by atoms with van der Waals surface area (Å²) in [4.78, 5) is 0. The van der Waals surface area contributed by atoms with Gasteiger partial charge in [-0.2, -0.15) is 0 Å². The third-order valence-electron chi connectivity index (χ3n) is 5.24. The minimum Gasteiger partial charge on any atom is -0.497 e. The highest BCUT2D eigenvalue weighted by Crippen LogP contribution is 2.37. The average Bonchev–Trinajstić information content (AvgIpc) is 2.52. The largest absolute Gasteiger partial charge is 0.497 e. The molecular weight excluding hydrogens is 290 g/mol. The van der Waals surface area contributed by atoms with Gasteiger partial charge in [-0.1, -0.05) is 6.07 Å². The molecule has 1 saturated heterocycles. The monoisotopic (exact) mass is 319 g/mol. The molecule has 1 aromatic carbocycles. The number of fused-ring (bicyclic) bond motifs is 1. The van der Waals surface area contributed by atoms with Crippen LogP contribution in [0, 0.1) is 0 Å². The van der Waals surface area contributed by atoms with Crippen molar-refractivity contribution in [3.05, 3.63) is 29.3 Å². The number of nitrogens with one attached hydrogen (secondary N) is 1. The number of benzene rings is 1. The molecule has 1 fully saturated rings. The molecule has 0 aromatic heterocycles. The SMILES string of the molecule is COc1ccc2c(c1)[C@@](O)(CNC1C[C@@H](C)O[C@@H](C)C1)CCC2. The van der Waals surface area contributed by atoms with Crippen molar-refractivity contribution in [2.45, 2.75) is 69.8 Å². The highest BCUT2D eigenvalue weighted by Gasteiger charge is 2.36. The van der Waals surface area contributed by atoms with Gasteiger partial charge in [-0.3, -0.25) is 0 Å². The van der Waals surface area contributed by atoms with Gasteiger partial charge in [0, 0.05) is 12.6 Å². The van der Waals surface area contributed by atoms with E-state index < -0.39 is 5.60 Å². The van der Waals surface area contributed by atoms with Crippen molar-refractivity contribution in [3.8, 4) is 5.75 Å². The average molecular weight is 319 g/mol. The van der Waals surface area contributed by atoms with Crippen molar-refractivity contribution >= 4 is 0 Å². The summed E-state index contributed by atoms with van der Waals surface area (Å²) in [5, 5.41) is 14.9. The first-order chi connectivity index (χ1) is 11.0. The van der Waals surface area contributed by atoms with E-state index in [9.17, 15) is 5.11 Å². The van der Waals surface area contributed by atoms with Crippen molar-refractivity contribution in [3.63, 3.8) is 0 Å². The zero-order valence-corrected chi connectivity index (χ0v) is 14.5. The first-order valence-electron chi connectivity index (χ1n) is 8.79. The maximum absolute atomic E-state index is 11.3. The lowest BCUT2D eigenvalue weighted by molar-refractivity contribution is -0.0487. The summed E-state index contributed by atoms with van der Waals surface area (Å²) in [6.07, 6.45) is 5.44. The Morgan fingerprint density at radius 1 is 1.30 bits per heavy atom. The van der Waals surface area contributed by atoms with Crippen LogP contribution in [-0.4, -0.2) is 37.0 Å². The fourth-order valence-corrected chi connectivity index (χ4v) is 4.11. The minimum absolute atomic E-state index is 0.282. The number of hydrogen-bond acceptors (Lipinski definition) is 4. The molecule has 1 aliphatic carbocycles. The van der Waals surface area contributed by atoms with Gasteiger partial charge < -0.3 is 19.9 Å². The van der Waals surface area contributed by atoms with Crippen LogP contribution in [-0.2, 0) is 16.8 Å². The van der Waals surface area contributed by atoms with E-state index in [-0.39, 0.29) is 12.2 Å². The lowest BCUT2D eigenvalue weighted by Crippen LogP contribution is -2.48. The van der Waals surface area contributed by atoms with Gasteiger partial charge in [-0.05, 0) is 69.2 Å². The van der Waals surface area contributed by atoms with Crippen LogP contribution >= 0.6 is 0 Å². The molecule has 1 aromatic rings. The highest BCUT2D eigenvalue weighted by molar-refractivity contribution is 5.41. The van der Waals surface area contributed by atoms with Crippen molar-refractivity contribution in [1.82, 2.24) is 5.32 Å². The van der Waals surface area contributed by atoms with Gasteiger partial charge in [-0.25, -0.2) is 0 Å². The molecule has 2 N–H and O–H groups in total. The lowest BCUT2D eigenvalue weighted by atomic mass is 9.78. The molecule has 4 nitrogen and oxygen atoms in total. The molecule has 4 heteroatoms. The normalized spacial score (nSPS) is 34.0. The Hall–Kier alpha value is -1.10. The maximum Gasteiger partial charge on any atom is 0.119 e. The van der Waals surface area contributed by atoms with Crippen LogP contribution in [0.4, 0.5) is 0 Å². The molecule has 128 valence electrons. The smallest absolute Gasteiger partial charge is 0.119 e. The summed E-state index contributed by atoms with van der Waals surface area (Å²) in [6, 6.07) is 6.50. The van der Waals surface area contributed by atoms with E-state index in [4.69, 9.17) is 9.47 Å². The second-order valence-electron chi connectivity index (χ2n) is 7.21. The molecule has 1 unspecified atom stereocenters. The lowest BCUT2D eigenvalue weighted by Gasteiger charge is -2.38. The quantitative estimate of drug-likeness (QED) is 0.896. The van der Waals surface area contributed by atoms with E-state index in [1.165, 1.54) is 5.56 Å². The Morgan fingerprint density at radius 3 is 2.74 bits per heavy atom. The first kappa shape index (κ1) is 16.7. The van der Waals surface area contributed by atoms with Crippen LogP contribution in [0.2, 0.25) is 0 Å². The van der Waals surface area contributed by atoms with Gasteiger partial charge >= 0.3 is 0 Å². The number of hydrogen-bond donors (Lipinski definition) is 2. The van der Waals surface area contributed by atoms with E-state index >= 15 is 0 Å². The van der Waals surface area contributed by atoms with Gasteiger partial charge in [-0.15, -0.1) is 0 Å². The Balaban J connectivity index is 1.72. The number of aryl methyl sites for hydroxylation is 1. The van der Waals surface area contributed by atoms with Crippen LogP contribution in [0.1, 0.15) is 50.7 Å². The van der Waals surface area contributed by atoms with Crippen molar-refractivity contribution < 1.29 is 14.6 Å². The predicted octanol–water partition coefficient (Wildman–Crippen LogP) is 2.76. The Morgan fingerprint density at radius 2 is 2.04 bits per heavy atom. The molecule has 0 saturated carbocycles. The molecule has 0 bridgehead atoms. The summed E-state index contributed by atoms with van der Waals surface area (Å²) in [5.74, 6) is 0.817. The molecule has 0 amide bonds. The molecule has 2 aliphatic rings. The maximum atomic E-state index is 11.3. The standard InChI is InChI=1S/C19H29NO3/c1-13-9-16(10-14(2)23-13)20-12-19(21)8-4-5-15-6-7-17(22-3)11-18(15)19/h6-7,11,13-14,16,20-21H,4-5,8-10,12H2,1-3H3/t13-,14+,16?,19-/m0/s1. The summed E-state index contributed by atoms with van der Waals surface area (Å²) in [6.45, 7) is 4.84. The van der Waals surface area contributed by atoms with E-state index in [1.54, 1.807) is 7.11 Å². The molecule has 1 heterocycles. The summed E-state index contributed by atoms with van der Waals surface area (Å²) >= 11 is 0. The Kier molecular flexibility index (Phi) is 4.95. The first-order valence-corrected chi connectivity index (χ1v) is 8.79. The summed E-state index contributed by atoms with van der Waals surface area (Å²) < 4.78 is 11.1. The number of methoxy groups -OCH3 is 1. The molecule has 0 radical (unpaired) electrons. The molecule has 0 spiro atoms. The summed E-state index contributed by atoms with van der Waals surface area (Å²) in [5.41, 5.74) is 1.48. The molecule has 1 aliphatic heterocycles. The number of aliphatic hydroxyl groups is 1. The molecule has 4 atom stereocenters. The fourth-order valence-electron chi connectivity index (χ4n) is 4.11. The zero-order valence-electron chi connectivity index (χ0n) is 14.5. The number of ether oxygens (including phenoxy) is 2. The van der Waals surface area contributed by atoms with Crippen LogP contribution in [0.5, 0.6) is 5.75 Å². The van der Waals surface area contributed by atoms with Gasteiger partial charge in [0.05, 0.1) is 19.3 Å². The second kappa shape index (κ2) is 6.80. The Bertz CT molecular complexity index is 537. The van der Waals surface area contributed by atoms with Crippen LogP contribution in [0.15, 0.2) is 18.2 Å². The van der Waals surface area contributed by atoms with E-state index in [0.29, 0.717) is 12.6 Å². The zero-order chi connectivity index (χ0) is 16.4. The van der Waals surface area contributed by atoms with Gasteiger partial charge in [0.2, 0.25) is 0 Å². The highest BCUT2D eigenvalue weighted by atomic mass is 16.5. The molecular formula is C19H29NO3. The van der Waals surface area contributed by atoms with Crippen molar-refractivity contribution in [1.29, 1.82) is 0 Å². The summed E-state index contributed by atoms with van der Waals surface area (Å²) in [7, 11) is 1.67. The third-order valence-corrected chi connectivity index (χ3v) is 5.24. The van der Waals surface area contributed by atoms with E-state index in [0.717, 1.165) is 43.4 Å². The molecule has 3 rings (SSSR count). The van der Waals surface area contributed by atoms with Crippen LogP contribution < -0.4 is 10.1 Å². The van der Waals surface area contributed by atoms with Gasteiger partial charge in [0.15, 0.2) is 0 Å². The minimum atomic E-state index is -0.799. The van der Waals surface area contributed by atoms with Crippen molar-refractivity contribution in [2.75, 3.05) is 13.7 Å². The van der Waals surface area contributed by atoms with Gasteiger partial charge in [0.1, 0.15) is 11.4 Å². The number of rotatable bonds is 4.